The molecule has 0 amide bonds. The first-order valence-corrected chi connectivity index (χ1v) is 8.37. The molecule has 138 valence electrons. The van der Waals surface area contributed by atoms with Gasteiger partial charge in [0.15, 0.2) is 11.9 Å². The molecule has 0 fully saturated rings. The number of carboxylic acid groups (broad SMARTS) is 2. The van der Waals surface area contributed by atoms with Gasteiger partial charge in [-0.2, -0.15) is 4.57 Å². The highest BCUT2D eigenvalue weighted by molar-refractivity contribution is 5.89. The lowest BCUT2D eigenvalue weighted by Gasteiger charge is -2.24. The van der Waals surface area contributed by atoms with Crippen molar-refractivity contribution in [3.8, 4) is 5.75 Å². The lowest BCUT2D eigenvalue weighted by Crippen LogP contribution is -2.51. The van der Waals surface area contributed by atoms with Crippen LogP contribution < -0.4 is 14.4 Å². The number of pyridine rings is 1. The summed E-state index contributed by atoms with van der Waals surface area (Å²) in [6, 6.07) is 4.31. The lowest BCUT2D eigenvalue weighted by atomic mass is 9.96. The highest BCUT2D eigenvalue weighted by atomic mass is 16.5. The van der Waals surface area contributed by atoms with Gasteiger partial charge in [-0.05, 0) is 24.8 Å². The Morgan fingerprint density at radius 1 is 1.42 bits per heavy atom. The number of aliphatic carboxylic acids is 2. The summed E-state index contributed by atoms with van der Waals surface area (Å²) in [5.41, 5.74) is 0.497. The molecule has 2 heterocycles. The van der Waals surface area contributed by atoms with Crippen LogP contribution in [0.4, 0.5) is 0 Å². The molecule has 2 aromatic rings. The van der Waals surface area contributed by atoms with Crippen molar-refractivity contribution in [3.63, 3.8) is 0 Å². The molecule has 26 heavy (non-hydrogen) atoms. The number of nitrogens with zero attached hydrogens (tertiary/aromatic N) is 1. The molecular formula is C19H21NO6. The summed E-state index contributed by atoms with van der Waals surface area (Å²) in [7, 11) is 0. The first-order chi connectivity index (χ1) is 12.1. The second kappa shape index (κ2) is 6.25. The second-order valence-electron chi connectivity index (χ2n) is 7.28. The molecule has 7 nitrogen and oxygen atoms in total. The SMILES string of the molecule is Cc1cc2ccc3c(c2c[n+]1C(CC(=O)O)C(=O)[O-])OC(C(C)(C)O)C3. The number of hydrogen-bond acceptors (Lipinski definition) is 5. The van der Waals surface area contributed by atoms with Crippen LogP contribution in [0.15, 0.2) is 24.4 Å². The molecule has 3 rings (SSSR count). The number of carboxylic acids is 2. The maximum atomic E-state index is 11.5. The van der Waals surface area contributed by atoms with E-state index in [0.717, 1.165) is 10.9 Å². The Morgan fingerprint density at radius 3 is 2.69 bits per heavy atom. The topological polar surface area (TPSA) is 111 Å². The standard InChI is InChI=1S/C19H21NO6/c1-10-6-11-4-5-12-7-15(19(2,3)25)26-17(12)13(11)9-20(10)14(18(23)24)8-16(21)22/h4-6,9,14-15,25H,7-8H2,1-3H3,(H-,21,22,23,24). The van der Waals surface area contributed by atoms with Crippen LogP contribution in [0.5, 0.6) is 5.75 Å². The number of aryl methyl sites for hydroxylation is 1. The molecule has 2 atom stereocenters. The van der Waals surface area contributed by atoms with E-state index in [2.05, 4.69) is 0 Å². The molecule has 0 saturated carbocycles. The van der Waals surface area contributed by atoms with Crippen LogP contribution in [0, 0.1) is 6.92 Å². The summed E-state index contributed by atoms with van der Waals surface area (Å²) < 4.78 is 7.35. The third kappa shape index (κ3) is 3.22. The molecule has 0 bridgehead atoms. The highest BCUT2D eigenvalue weighted by Gasteiger charge is 2.36. The number of aromatic nitrogens is 1. The normalized spacial score (nSPS) is 17.6. The largest absolute Gasteiger partial charge is 0.543 e. The van der Waals surface area contributed by atoms with Crippen LogP contribution in [0.25, 0.3) is 10.8 Å². The van der Waals surface area contributed by atoms with Crippen molar-refractivity contribution >= 4 is 22.7 Å². The average Bonchev–Trinajstić information content (AvgIpc) is 2.96. The van der Waals surface area contributed by atoms with Gasteiger partial charge < -0.3 is 24.9 Å². The van der Waals surface area contributed by atoms with Crippen LogP contribution in [-0.4, -0.2) is 33.9 Å². The van der Waals surface area contributed by atoms with Crippen molar-refractivity contribution < 1.29 is 34.2 Å². The molecule has 0 radical (unpaired) electrons. The Morgan fingerprint density at radius 2 is 2.12 bits per heavy atom. The summed E-state index contributed by atoms with van der Waals surface area (Å²) in [5.74, 6) is -2.08. The first-order valence-electron chi connectivity index (χ1n) is 8.37. The van der Waals surface area contributed by atoms with Gasteiger partial charge >= 0.3 is 5.97 Å². The molecule has 0 aliphatic carbocycles. The third-order valence-corrected chi connectivity index (χ3v) is 4.78. The minimum absolute atomic E-state index is 0.409. The van der Waals surface area contributed by atoms with E-state index in [0.29, 0.717) is 23.3 Å². The lowest BCUT2D eigenvalue weighted by molar-refractivity contribution is -0.719. The zero-order valence-electron chi connectivity index (χ0n) is 14.9. The summed E-state index contributed by atoms with van der Waals surface area (Å²) in [6.45, 7) is 5.06. The van der Waals surface area contributed by atoms with E-state index < -0.39 is 36.1 Å². The van der Waals surface area contributed by atoms with Crippen molar-refractivity contribution in [3.05, 3.63) is 35.7 Å². The number of carbonyl (C=O) groups is 2. The number of aliphatic hydroxyl groups is 1. The molecule has 1 aliphatic heterocycles. The fourth-order valence-electron chi connectivity index (χ4n) is 3.33. The number of carbonyl (C=O) groups excluding carboxylic acids is 1. The van der Waals surface area contributed by atoms with Gasteiger partial charge in [-0.1, -0.05) is 12.1 Å². The van der Waals surface area contributed by atoms with Crippen LogP contribution in [0.2, 0.25) is 0 Å². The summed E-state index contributed by atoms with van der Waals surface area (Å²) in [5, 5.41) is 32.3. The predicted octanol–water partition coefficient (Wildman–Crippen LogP) is 0.276. The molecular weight excluding hydrogens is 338 g/mol. The van der Waals surface area contributed by atoms with Crippen molar-refractivity contribution in [2.75, 3.05) is 0 Å². The molecule has 0 saturated heterocycles. The molecule has 1 aromatic heterocycles. The average molecular weight is 359 g/mol. The summed E-state index contributed by atoms with van der Waals surface area (Å²) in [4.78, 5) is 22.5. The molecule has 1 aliphatic rings. The van der Waals surface area contributed by atoms with Crippen molar-refractivity contribution in [2.45, 2.75) is 51.4 Å². The van der Waals surface area contributed by atoms with E-state index in [1.54, 1.807) is 33.0 Å². The van der Waals surface area contributed by atoms with Gasteiger partial charge in [0.05, 0.1) is 11.0 Å². The minimum Gasteiger partial charge on any atom is -0.543 e. The van der Waals surface area contributed by atoms with Gasteiger partial charge in [-0.15, -0.1) is 0 Å². The number of hydrogen-bond donors (Lipinski definition) is 2. The van der Waals surface area contributed by atoms with Gasteiger partial charge in [0.2, 0.25) is 6.04 Å². The summed E-state index contributed by atoms with van der Waals surface area (Å²) >= 11 is 0. The quantitative estimate of drug-likeness (QED) is 0.742. The van der Waals surface area contributed by atoms with E-state index >= 15 is 0 Å². The van der Waals surface area contributed by atoms with Crippen LogP contribution in [0.1, 0.15) is 37.6 Å². The second-order valence-corrected chi connectivity index (χ2v) is 7.28. The van der Waals surface area contributed by atoms with E-state index in [4.69, 9.17) is 9.84 Å². The monoisotopic (exact) mass is 359 g/mol. The number of ether oxygens (including phenoxy) is 1. The van der Waals surface area contributed by atoms with Gasteiger partial charge in [0.25, 0.3) is 0 Å². The Bertz CT molecular complexity index is 899. The molecule has 1 aromatic carbocycles. The van der Waals surface area contributed by atoms with Crippen molar-refractivity contribution in [2.24, 2.45) is 0 Å². The van der Waals surface area contributed by atoms with E-state index in [-0.39, 0.29) is 0 Å². The Hall–Kier alpha value is -2.67. The fraction of sp³-hybridized carbons (Fsp3) is 0.421. The minimum atomic E-state index is -1.46. The van der Waals surface area contributed by atoms with Gasteiger partial charge in [0, 0.05) is 19.4 Å². The van der Waals surface area contributed by atoms with Crippen molar-refractivity contribution in [1.82, 2.24) is 0 Å². The van der Waals surface area contributed by atoms with Crippen molar-refractivity contribution in [1.29, 1.82) is 0 Å². The van der Waals surface area contributed by atoms with Gasteiger partial charge in [0.1, 0.15) is 24.2 Å². The fourth-order valence-corrected chi connectivity index (χ4v) is 3.33. The molecule has 2 unspecified atom stereocenters. The van der Waals surface area contributed by atoms with Crippen LogP contribution in [0.3, 0.4) is 0 Å². The number of fused-ring (bicyclic) bond motifs is 3. The maximum absolute atomic E-state index is 11.5. The van der Waals surface area contributed by atoms with E-state index in [1.165, 1.54) is 4.57 Å². The first kappa shape index (κ1) is 18.1. The van der Waals surface area contributed by atoms with Gasteiger partial charge in [-0.3, -0.25) is 4.79 Å². The molecule has 2 N–H and O–H groups in total. The predicted molar refractivity (Wildman–Crippen MR) is 89.6 cm³/mol. The van der Waals surface area contributed by atoms with Crippen LogP contribution >= 0.6 is 0 Å². The summed E-state index contributed by atoms with van der Waals surface area (Å²) in [6.07, 6.45) is 1.15. The Balaban J connectivity index is 2.13. The number of benzene rings is 1. The number of rotatable bonds is 5. The Kier molecular flexibility index (Phi) is 4.36. The third-order valence-electron chi connectivity index (χ3n) is 4.78. The zero-order valence-corrected chi connectivity index (χ0v) is 14.9. The maximum Gasteiger partial charge on any atom is 0.310 e. The van der Waals surface area contributed by atoms with E-state index in [9.17, 15) is 19.8 Å². The smallest absolute Gasteiger partial charge is 0.310 e. The molecule has 0 spiro atoms. The molecule has 7 heteroatoms. The van der Waals surface area contributed by atoms with Gasteiger partial charge in [-0.25, -0.2) is 0 Å². The Labute approximate surface area is 150 Å². The highest BCUT2D eigenvalue weighted by Crippen LogP contribution is 2.38. The van der Waals surface area contributed by atoms with E-state index in [1.807, 2.05) is 12.1 Å². The zero-order chi connectivity index (χ0) is 19.2. The van der Waals surface area contributed by atoms with Crippen LogP contribution in [-0.2, 0) is 16.0 Å².